The second kappa shape index (κ2) is 10.7. The fourth-order valence-electron chi connectivity index (χ4n) is 3.24. The maximum absolute atomic E-state index is 13.4. The van der Waals surface area contributed by atoms with Crippen molar-refractivity contribution in [2.24, 2.45) is 5.73 Å². The number of hydrogen-bond acceptors (Lipinski definition) is 5. The summed E-state index contributed by atoms with van der Waals surface area (Å²) in [4.78, 5) is 12.8. The monoisotopic (exact) mass is 418 g/mol. The Hall–Kier alpha value is -3.00. The highest BCUT2D eigenvalue weighted by atomic mass is 19.2. The molecule has 30 heavy (non-hydrogen) atoms. The Morgan fingerprint density at radius 3 is 2.53 bits per heavy atom. The number of aryl methyl sites for hydroxylation is 1. The molecule has 0 saturated carbocycles. The summed E-state index contributed by atoms with van der Waals surface area (Å²) < 4.78 is 32.3. The predicted molar refractivity (Wildman–Crippen MR) is 114 cm³/mol. The third-order valence-electron chi connectivity index (χ3n) is 4.84. The molecule has 1 unspecified atom stereocenters. The van der Waals surface area contributed by atoms with Crippen molar-refractivity contribution in [1.82, 2.24) is 10.6 Å². The number of halogens is 2. The molecule has 2 aromatic rings. The zero-order valence-electron chi connectivity index (χ0n) is 17.4. The lowest BCUT2D eigenvalue weighted by atomic mass is 10.0. The highest BCUT2D eigenvalue weighted by molar-refractivity contribution is 5.94. The quantitative estimate of drug-likeness (QED) is 0.444. The topological polar surface area (TPSA) is 104 Å². The van der Waals surface area contributed by atoms with Crippen LogP contribution in [0.4, 0.5) is 8.78 Å². The van der Waals surface area contributed by atoms with E-state index in [1.807, 2.05) is 13.8 Å². The van der Waals surface area contributed by atoms with Crippen molar-refractivity contribution in [2.45, 2.75) is 39.2 Å². The van der Waals surface area contributed by atoms with Crippen LogP contribution in [0.1, 0.15) is 47.7 Å². The van der Waals surface area contributed by atoms with E-state index in [-0.39, 0.29) is 18.7 Å². The van der Waals surface area contributed by atoms with Gasteiger partial charge in [-0.3, -0.25) is 4.79 Å². The Bertz CT molecular complexity index is 937. The fourth-order valence-corrected chi connectivity index (χ4v) is 3.24. The van der Waals surface area contributed by atoms with Crippen LogP contribution in [0, 0.1) is 17.0 Å². The minimum atomic E-state index is -0.942. The van der Waals surface area contributed by atoms with Crippen LogP contribution in [-0.4, -0.2) is 31.8 Å². The van der Waals surface area contributed by atoms with Gasteiger partial charge in [0.1, 0.15) is 5.76 Å². The molecule has 1 amide bonds. The van der Waals surface area contributed by atoms with Gasteiger partial charge in [0.05, 0.1) is 0 Å². The number of furan rings is 1. The summed E-state index contributed by atoms with van der Waals surface area (Å²) in [5, 5.41) is 13.5. The summed E-state index contributed by atoms with van der Waals surface area (Å²) in [5.41, 5.74) is 8.55. The molecule has 0 radical (unpaired) electrons. The molecule has 8 heteroatoms. The molecule has 0 aliphatic heterocycles. The molecule has 0 spiro atoms. The number of rotatable bonds is 10. The van der Waals surface area contributed by atoms with Crippen molar-refractivity contribution < 1.29 is 18.0 Å². The number of hydrogen-bond donors (Lipinski definition) is 4. The number of carbonyl (C=O) groups excluding carboxylic acids is 1. The van der Waals surface area contributed by atoms with E-state index in [4.69, 9.17) is 15.6 Å². The molecular formula is C22H28F2N4O2. The van der Waals surface area contributed by atoms with E-state index in [1.165, 1.54) is 12.3 Å². The summed E-state index contributed by atoms with van der Waals surface area (Å²) in [7, 11) is 1.76. The van der Waals surface area contributed by atoms with E-state index in [1.54, 1.807) is 13.1 Å². The van der Waals surface area contributed by atoms with Gasteiger partial charge in [-0.15, -0.1) is 0 Å². The first-order valence-electron chi connectivity index (χ1n) is 9.87. The molecule has 1 aromatic heterocycles. The third kappa shape index (κ3) is 5.33. The van der Waals surface area contributed by atoms with Gasteiger partial charge in [-0.25, -0.2) is 8.78 Å². The van der Waals surface area contributed by atoms with Crippen molar-refractivity contribution in [2.75, 3.05) is 13.6 Å². The normalized spacial score (nSPS) is 12.9. The highest BCUT2D eigenvalue weighted by Gasteiger charge is 2.21. The number of nitrogens with one attached hydrogen (secondary N) is 3. The van der Waals surface area contributed by atoms with Gasteiger partial charge in [0.2, 0.25) is 0 Å². The minimum Gasteiger partial charge on any atom is -0.455 e. The number of nitrogens with two attached hydrogens (primary N) is 1. The van der Waals surface area contributed by atoms with Crippen molar-refractivity contribution in [3.05, 3.63) is 64.1 Å². The van der Waals surface area contributed by atoms with Crippen LogP contribution in [0.25, 0.3) is 5.70 Å². The van der Waals surface area contributed by atoms with Crippen LogP contribution in [0.3, 0.4) is 0 Å². The molecule has 0 bridgehead atoms. The smallest absolute Gasteiger partial charge is 0.287 e. The first kappa shape index (κ1) is 23.3. The second-order valence-corrected chi connectivity index (χ2v) is 6.81. The van der Waals surface area contributed by atoms with Gasteiger partial charge in [-0.2, -0.15) is 0 Å². The van der Waals surface area contributed by atoms with Crippen LogP contribution in [-0.2, 0) is 12.8 Å². The molecule has 6 nitrogen and oxygen atoms in total. The molecule has 0 saturated heterocycles. The molecule has 5 N–H and O–H groups in total. The standard InChI is InChI=1S/C22H28F2N4O2/c1-4-14(11-25)21(27-3)16-10-20(30-19(16)5-2)22(29)28-15(12-26)8-13-6-7-17(23)18(24)9-13/h6-7,9-11,15,25,27H,4-5,8,12,26H2,1-3H3,(H,28,29)/b21-14-,25-11?. The predicted octanol–water partition coefficient (Wildman–Crippen LogP) is 3.41. The Morgan fingerprint density at radius 2 is 2.00 bits per heavy atom. The molecule has 1 aromatic carbocycles. The van der Waals surface area contributed by atoms with Crippen molar-refractivity contribution >= 4 is 17.8 Å². The van der Waals surface area contributed by atoms with Crippen LogP contribution in [0.2, 0.25) is 0 Å². The highest BCUT2D eigenvalue weighted by Crippen LogP contribution is 2.25. The van der Waals surface area contributed by atoms with E-state index < -0.39 is 23.6 Å². The lowest BCUT2D eigenvalue weighted by Gasteiger charge is -2.16. The van der Waals surface area contributed by atoms with Gasteiger partial charge < -0.3 is 26.2 Å². The average molecular weight is 418 g/mol. The van der Waals surface area contributed by atoms with Crippen LogP contribution in [0.5, 0.6) is 0 Å². The van der Waals surface area contributed by atoms with E-state index in [9.17, 15) is 13.6 Å². The molecular weight excluding hydrogens is 390 g/mol. The van der Waals surface area contributed by atoms with Crippen LogP contribution >= 0.6 is 0 Å². The van der Waals surface area contributed by atoms with Gasteiger partial charge in [-0.1, -0.05) is 19.9 Å². The lowest BCUT2D eigenvalue weighted by molar-refractivity contribution is 0.0908. The average Bonchev–Trinajstić information content (AvgIpc) is 3.18. The van der Waals surface area contributed by atoms with Gasteiger partial charge in [-0.05, 0) is 42.2 Å². The summed E-state index contributed by atoms with van der Waals surface area (Å²) in [6.45, 7) is 3.98. The maximum Gasteiger partial charge on any atom is 0.287 e. The summed E-state index contributed by atoms with van der Waals surface area (Å²) in [6, 6.07) is 4.77. The third-order valence-corrected chi connectivity index (χ3v) is 4.84. The summed E-state index contributed by atoms with van der Waals surface area (Å²) >= 11 is 0. The molecule has 0 fully saturated rings. The van der Waals surface area contributed by atoms with Crippen molar-refractivity contribution in [3.63, 3.8) is 0 Å². The Labute approximate surface area is 175 Å². The maximum atomic E-state index is 13.4. The van der Waals surface area contributed by atoms with E-state index in [0.717, 1.165) is 29.0 Å². The van der Waals surface area contributed by atoms with Crippen LogP contribution in [0.15, 0.2) is 34.3 Å². The Morgan fingerprint density at radius 1 is 1.27 bits per heavy atom. The molecule has 1 heterocycles. The number of amides is 1. The number of carbonyl (C=O) groups is 1. The van der Waals surface area contributed by atoms with Crippen molar-refractivity contribution in [3.8, 4) is 0 Å². The molecule has 2 rings (SSSR count). The van der Waals surface area contributed by atoms with E-state index in [0.29, 0.717) is 24.2 Å². The fraction of sp³-hybridized carbons (Fsp3) is 0.364. The lowest BCUT2D eigenvalue weighted by Crippen LogP contribution is -2.41. The SMILES string of the molecule is CC/C(C=N)=C(/NC)c1cc(C(=O)NC(CN)Cc2ccc(F)c(F)c2)oc1CC. The first-order valence-corrected chi connectivity index (χ1v) is 9.87. The zero-order chi connectivity index (χ0) is 22.3. The van der Waals surface area contributed by atoms with Crippen molar-refractivity contribution in [1.29, 1.82) is 5.41 Å². The number of allylic oxidation sites excluding steroid dienone is 1. The second-order valence-electron chi connectivity index (χ2n) is 6.81. The largest absolute Gasteiger partial charge is 0.455 e. The first-order chi connectivity index (χ1) is 14.4. The van der Waals surface area contributed by atoms with Gasteiger partial charge >= 0.3 is 0 Å². The van der Waals surface area contributed by atoms with Gasteiger partial charge in [0.25, 0.3) is 5.91 Å². The van der Waals surface area contributed by atoms with E-state index in [2.05, 4.69) is 10.6 Å². The number of benzene rings is 1. The van der Waals surface area contributed by atoms with Gasteiger partial charge in [0.15, 0.2) is 17.4 Å². The summed E-state index contributed by atoms with van der Waals surface area (Å²) in [5.74, 6) is -1.56. The minimum absolute atomic E-state index is 0.119. The molecule has 1 atom stereocenters. The molecule has 162 valence electrons. The molecule has 0 aliphatic rings. The summed E-state index contributed by atoms with van der Waals surface area (Å²) in [6.07, 6.45) is 2.75. The Balaban J connectivity index is 2.25. The molecule has 0 aliphatic carbocycles. The Kier molecular flexibility index (Phi) is 8.29. The van der Waals surface area contributed by atoms with E-state index >= 15 is 0 Å². The zero-order valence-corrected chi connectivity index (χ0v) is 17.4. The van der Waals surface area contributed by atoms with Gasteiger partial charge in [0, 0.05) is 43.5 Å². The van der Waals surface area contributed by atoms with Crippen LogP contribution < -0.4 is 16.4 Å².